The number of carbonyl (C=O) groups excluding carboxylic acids is 2. The van der Waals surface area contributed by atoms with Gasteiger partial charge in [0.15, 0.2) is 0 Å². The number of benzene rings is 1. The summed E-state index contributed by atoms with van der Waals surface area (Å²) >= 11 is 6.45. The fourth-order valence-electron chi connectivity index (χ4n) is 1.81. The number of hydrogen-bond acceptors (Lipinski definition) is 5. The summed E-state index contributed by atoms with van der Waals surface area (Å²) < 4.78 is 5.05. The first-order chi connectivity index (χ1) is 10.0. The highest BCUT2D eigenvalue weighted by molar-refractivity contribution is 8.26. The zero-order chi connectivity index (χ0) is 15.4. The molecule has 0 aliphatic carbocycles. The lowest BCUT2D eigenvalue weighted by Crippen LogP contribution is -2.30. The molecule has 1 fully saturated rings. The minimum atomic E-state index is -0.355. The summed E-state index contributed by atoms with van der Waals surface area (Å²) in [6.07, 6.45) is 1.96. The third-order valence-electron chi connectivity index (χ3n) is 3.02. The molecule has 6 heteroatoms. The van der Waals surface area contributed by atoms with Gasteiger partial charge in [0.2, 0.25) is 0 Å². The van der Waals surface area contributed by atoms with Crippen LogP contribution in [0.5, 0.6) is 0 Å². The number of carbonyl (C=O) groups is 2. The van der Waals surface area contributed by atoms with Crippen LogP contribution in [0, 0.1) is 6.92 Å². The molecule has 0 spiro atoms. The van der Waals surface area contributed by atoms with Gasteiger partial charge in [-0.2, -0.15) is 0 Å². The van der Waals surface area contributed by atoms with E-state index < -0.39 is 0 Å². The number of amides is 1. The minimum Gasteiger partial charge on any atom is -0.469 e. The van der Waals surface area contributed by atoms with Crippen LogP contribution in [0.4, 0.5) is 0 Å². The third-order valence-corrected chi connectivity index (χ3v) is 4.39. The fourth-order valence-corrected chi connectivity index (χ4v) is 3.12. The van der Waals surface area contributed by atoms with Gasteiger partial charge in [-0.3, -0.25) is 14.5 Å². The summed E-state index contributed by atoms with van der Waals surface area (Å²) in [6, 6.07) is 7.89. The molecule has 4 nitrogen and oxygen atoms in total. The molecule has 0 bridgehead atoms. The molecular formula is C15H15NO3S2. The molecule has 1 heterocycles. The molecule has 1 saturated heterocycles. The summed E-state index contributed by atoms with van der Waals surface area (Å²) in [5, 5.41) is 0. The lowest BCUT2D eigenvalue weighted by molar-refractivity contribution is -0.140. The number of hydrogen-bond donors (Lipinski definition) is 0. The Morgan fingerprint density at radius 2 is 2.05 bits per heavy atom. The molecule has 0 radical (unpaired) electrons. The largest absolute Gasteiger partial charge is 0.469 e. The van der Waals surface area contributed by atoms with Gasteiger partial charge in [-0.15, -0.1) is 0 Å². The Morgan fingerprint density at radius 1 is 1.38 bits per heavy atom. The van der Waals surface area contributed by atoms with Crippen LogP contribution in [0.25, 0.3) is 6.08 Å². The van der Waals surface area contributed by atoms with Crippen LogP contribution in [0.3, 0.4) is 0 Å². The second kappa shape index (κ2) is 6.87. The highest BCUT2D eigenvalue weighted by atomic mass is 32.2. The van der Waals surface area contributed by atoms with E-state index in [2.05, 4.69) is 4.74 Å². The first kappa shape index (κ1) is 15.7. The van der Waals surface area contributed by atoms with E-state index in [9.17, 15) is 9.59 Å². The summed E-state index contributed by atoms with van der Waals surface area (Å²) in [5.74, 6) is -0.513. The molecule has 0 saturated carbocycles. The Balaban J connectivity index is 2.10. The Hall–Kier alpha value is -1.66. The Bertz CT molecular complexity index is 608. The topological polar surface area (TPSA) is 46.6 Å². The summed E-state index contributed by atoms with van der Waals surface area (Å²) in [4.78, 5) is 25.5. The van der Waals surface area contributed by atoms with Crippen LogP contribution in [-0.4, -0.2) is 34.8 Å². The summed E-state index contributed by atoms with van der Waals surface area (Å²) in [7, 11) is 1.32. The number of aryl methyl sites for hydroxylation is 1. The van der Waals surface area contributed by atoms with Gasteiger partial charge in [-0.05, 0) is 18.6 Å². The molecule has 0 atom stereocenters. The number of thiocarbonyl (C=S) groups is 1. The zero-order valence-electron chi connectivity index (χ0n) is 11.8. The second-order valence-electron chi connectivity index (χ2n) is 4.57. The van der Waals surface area contributed by atoms with Crippen molar-refractivity contribution in [3.05, 3.63) is 40.3 Å². The molecule has 21 heavy (non-hydrogen) atoms. The number of nitrogens with zero attached hydrogens (tertiary/aromatic N) is 1. The monoisotopic (exact) mass is 321 g/mol. The van der Waals surface area contributed by atoms with Crippen LogP contribution >= 0.6 is 24.0 Å². The van der Waals surface area contributed by atoms with Crippen molar-refractivity contribution in [3.63, 3.8) is 0 Å². The van der Waals surface area contributed by atoms with E-state index in [1.165, 1.54) is 23.8 Å². The van der Waals surface area contributed by atoms with Crippen molar-refractivity contribution in [2.75, 3.05) is 13.7 Å². The standard InChI is InChI=1S/C15H15NO3S2/c1-10-3-5-11(6-4-10)9-12-14(18)16(15(20)21-12)8-7-13(17)19-2/h3-6,9H,7-8H2,1-2H3/b12-9+. The molecule has 1 aliphatic rings. The van der Waals surface area contributed by atoms with Crippen LogP contribution in [0.15, 0.2) is 29.2 Å². The minimum absolute atomic E-state index is 0.140. The predicted octanol–water partition coefficient (Wildman–Crippen LogP) is 2.76. The van der Waals surface area contributed by atoms with Crippen LogP contribution in [-0.2, 0) is 14.3 Å². The fraction of sp³-hybridized carbons (Fsp3) is 0.267. The lowest BCUT2D eigenvalue weighted by Gasteiger charge is -2.12. The molecule has 2 rings (SSSR count). The highest BCUT2D eigenvalue weighted by Gasteiger charge is 2.32. The number of ether oxygens (including phenoxy) is 1. The normalized spacial score (nSPS) is 16.7. The Kier molecular flexibility index (Phi) is 5.14. The molecule has 1 aromatic rings. The number of thioether (sulfide) groups is 1. The van der Waals surface area contributed by atoms with Gasteiger partial charge in [0.05, 0.1) is 18.4 Å². The van der Waals surface area contributed by atoms with E-state index in [0.717, 1.165) is 11.1 Å². The van der Waals surface area contributed by atoms with Crippen molar-refractivity contribution in [3.8, 4) is 0 Å². The number of methoxy groups -OCH3 is 1. The van der Waals surface area contributed by atoms with Crippen molar-refractivity contribution < 1.29 is 14.3 Å². The molecule has 1 amide bonds. The number of rotatable bonds is 4. The van der Waals surface area contributed by atoms with Gasteiger partial charge in [0, 0.05) is 6.54 Å². The van der Waals surface area contributed by atoms with Crippen molar-refractivity contribution in [2.24, 2.45) is 0 Å². The van der Waals surface area contributed by atoms with Crippen molar-refractivity contribution in [2.45, 2.75) is 13.3 Å². The van der Waals surface area contributed by atoms with Crippen molar-refractivity contribution in [1.82, 2.24) is 4.90 Å². The molecular weight excluding hydrogens is 306 g/mol. The maximum Gasteiger partial charge on any atom is 0.307 e. The van der Waals surface area contributed by atoms with E-state index in [1.807, 2.05) is 37.3 Å². The van der Waals surface area contributed by atoms with Gasteiger partial charge < -0.3 is 4.74 Å². The highest BCUT2D eigenvalue weighted by Crippen LogP contribution is 2.32. The second-order valence-corrected chi connectivity index (χ2v) is 6.25. The maximum atomic E-state index is 12.3. The van der Waals surface area contributed by atoms with E-state index in [0.29, 0.717) is 9.23 Å². The van der Waals surface area contributed by atoms with Gasteiger partial charge in [0.1, 0.15) is 4.32 Å². The molecule has 110 valence electrons. The van der Waals surface area contributed by atoms with E-state index >= 15 is 0 Å². The molecule has 1 aromatic carbocycles. The SMILES string of the molecule is COC(=O)CCN1C(=O)/C(=C\c2ccc(C)cc2)SC1=S. The average molecular weight is 321 g/mol. The predicted molar refractivity (Wildman–Crippen MR) is 87.7 cm³/mol. The van der Waals surface area contributed by atoms with E-state index in [4.69, 9.17) is 12.2 Å². The first-order valence-electron chi connectivity index (χ1n) is 6.40. The van der Waals surface area contributed by atoms with E-state index in [-0.39, 0.29) is 24.8 Å². The lowest BCUT2D eigenvalue weighted by atomic mass is 10.1. The molecule has 0 unspecified atom stereocenters. The third kappa shape index (κ3) is 3.92. The average Bonchev–Trinajstić information content (AvgIpc) is 2.73. The zero-order valence-corrected chi connectivity index (χ0v) is 13.4. The van der Waals surface area contributed by atoms with Crippen molar-refractivity contribution in [1.29, 1.82) is 0 Å². The van der Waals surface area contributed by atoms with Crippen LogP contribution in [0.1, 0.15) is 17.5 Å². The Morgan fingerprint density at radius 3 is 2.67 bits per heavy atom. The smallest absolute Gasteiger partial charge is 0.307 e. The van der Waals surface area contributed by atoms with E-state index in [1.54, 1.807) is 0 Å². The maximum absolute atomic E-state index is 12.3. The van der Waals surface area contributed by atoms with Crippen LogP contribution < -0.4 is 0 Å². The molecule has 0 aromatic heterocycles. The summed E-state index contributed by atoms with van der Waals surface area (Å²) in [5.41, 5.74) is 2.12. The molecule has 0 N–H and O–H groups in total. The van der Waals surface area contributed by atoms with Gasteiger partial charge in [-0.25, -0.2) is 0 Å². The molecule has 1 aliphatic heterocycles. The van der Waals surface area contributed by atoms with Gasteiger partial charge in [-0.1, -0.05) is 53.8 Å². The van der Waals surface area contributed by atoms with Crippen molar-refractivity contribution >= 4 is 46.3 Å². The summed E-state index contributed by atoms with van der Waals surface area (Å²) in [6.45, 7) is 2.26. The first-order valence-corrected chi connectivity index (χ1v) is 7.62. The number of esters is 1. The van der Waals surface area contributed by atoms with Gasteiger partial charge >= 0.3 is 5.97 Å². The van der Waals surface area contributed by atoms with Gasteiger partial charge in [0.25, 0.3) is 5.91 Å². The van der Waals surface area contributed by atoms with Crippen LogP contribution in [0.2, 0.25) is 0 Å². The quantitative estimate of drug-likeness (QED) is 0.485. The Labute approximate surface area is 133 Å².